The molecule has 1 aromatic carbocycles. The van der Waals surface area contributed by atoms with Crippen molar-refractivity contribution < 1.29 is 14.3 Å². The fourth-order valence-electron chi connectivity index (χ4n) is 3.24. The second kappa shape index (κ2) is 8.18. The van der Waals surface area contributed by atoms with E-state index in [0.29, 0.717) is 25.6 Å². The van der Waals surface area contributed by atoms with Crippen molar-refractivity contribution >= 4 is 5.97 Å². The van der Waals surface area contributed by atoms with Gasteiger partial charge in [-0.2, -0.15) is 0 Å². The lowest BCUT2D eigenvalue weighted by atomic mass is 9.92. The Morgan fingerprint density at radius 3 is 2.82 bits per heavy atom. The molecule has 2 N–H and O–H groups in total. The third kappa shape index (κ3) is 4.23. The Morgan fingerprint density at radius 2 is 2.09 bits per heavy atom. The number of carbonyl (C=O) groups excluding carboxylic acids is 1. The van der Waals surface area contributed by atoms with Crippen LogP contribution in [0.25, 0.3) is 0 Å². The van der Waals surface area contributed by atoms with E-state index >= 15 is 0 Å². The van der Waals surface area contributed by atoms with E-state index in [1.807, 2.05) is 19.9 Å². The van der Waals surface area contributed by atoms with Crippen molar-refractivity contribution in [3.05, 3.63) is 29.3 Å². The fraction of sp³-hybridized carbons (Fsp3) is 0.611. The molecular formula is C18H27NO3. The maximum absolute atomic E-state index is 11.3. The van der Waals surface area contributed by atoms with Gasteiger partial charge in [-0.3, -0.25) is 4.79 Å². The van der Waals surface area contributed by atoms with Crippen molar-refractivity contribution in [1.29, 1.82) is 0 Å². The molecule has 2 atom stereocenters. The maximum atomic E-state index is 11.3. The SMILES string of the molecule is CCOC(=O)CCCCC1c2ccc(OCC)cc2CC1N. The summed E-state index contributed by atoms with van der Waals surface area (Å²) in [6.07, 6.45) is 4.32. The molecular weight excluding hydrogens is 278 g/mol. The number of hydrogen-bond acceptors (Lipinski definition) is 4. The molecule has 22 heavy (non-hydrogen) atoms. The Morgan fingerprint density at radius 1 is 1.27 bits per heavy atom. The third-order valence-corrected chi connectivity index (χ3v) is 4.25. The van der Waals surface area contributed by atoms with Crippen LogP contribution in [0.5, 0.6) is 5.75 Å². The molecule has 1 aliphatic carbocycles. The van der Waals surface area contributed by atoms with Crippen LogP contribution in [-0.4, -0.2) is 25.2 Å². The predicted octanol–water partition coefficient (Wildman–Crippen LogP) is 3.18. The first-order valence-corrected chi connectivity index (χ1v) is 8.32. The summed E-state index contributed by atoms with van der Waals surface area (Å²) < 4.78 is 10.5. The Labute approximate surface area is 133 Å². The first kappa shape index (κ1) is 16.8. The van der Waals surface area contributed by atoms with Gasteiger partial charge in [0.15, 0.2) is 0 Å². The number of ether oxygens (including phenoxy) is 2. The van der Waals surface area contributed by atoms with Crippen molar-refractivity contribution in [3.63, 3.8) is 0 Å². The van der Waals surface area contributed by atoms with Crippen molar-refractivity contribution in [3.8, 4) is 5.75 Å². The van der Waals surface area contributed by atoms with Gasteiger partial charge < -0.3 is 15.2 Å². The van der Waals surface area contributed by atoms with Crippen molar-refractivity contribution in [2.24, 2.45) is 5.73 Å². The summed E-state index contributed by atoms with van der Waals surface area (Å²) in [5.41, 5.74) is 8.98. The van der Waals surface area contributed by atoms with E-state index in [9.17, 15) is 4.79 Å². The first-order chi connectivity index (χ1) is 10.7. The average molecular weight is 305 g/mol. The Balaban J connectivity index is 1.87. The van der Waals surface area contributed by atoms with E-state index in [1.165, 1.54) is 11.1 Å². The Hall–Kier alpha value is -1.55. The van der Waals surface area contributed by atoms with E-state index in [1.54, 1.807) is 0 Å². The third-order valence-electron chi connectivity index (χ3n) is 4.25. The second-order valence-electron chi connectivity index (χ2n) is 5.82. The summed E-state index contributed by atoms with van der Waals surface area (Å²) in [7, 11) is 0. The van der Waals surface area contributed by atoms with Crippen LogP contribution in [0, 0.1) is 0 Å². The number of fused-ring (bicyclic) bond motifs is 1. The van der Waals surface area contributed by atoms with Gasteiger partial charge in [0, 0.05) is 12.5 Å². The molecule has 0 fully saturated rings. The number of carbonyl (C=O) groups is 1. The summed E-state index contributed by atoms with van der Waals surface area (Å²) >= 11 is 0. The van der Waals surface area contributed by atoms with Crippen LogP contribution in [0.3, 0.4) is 0 Å². The Bertz CT molecular complexity index is 501. The lowest BCUT2D eigenvalue weighted by Gasteiger charge is -2.16. The zero-order valence-corrected chi connectivity index (χ0v) is 13.6. The summed E-state index contributed by atoms with van der Waals surface area (Å²) in [4.78, 5) is 11.3. The fourth-order valence-corrected chi connectivity index (χ4v) is 3.24. The quantitative estimate of drug-likeness (QED) is 0.592. The van der Waals surface area contributed by atoms with Gasteiger partial charge in [0.05, 0.1) is 13.2 Å². The normalized spacial score (nSPS) is 19.8. The summed E-state index contributed by atoms with van der Waals surface area (Å²) in [6.45, 7) is 4.97. The van der Waals surface area contributed by atoms with Crippen LogP contribution in [0.4, 0.5) is 0 Å². The molecule has 0 heterocycles. The average Bonchev–Trinajstić information content (AvgIpc) is 2.79. The van der Waals surface area contributed by atoms with Crippen molar-refractivity contribution in [1.82, 2.24) is 0 Å². The minimum Gasteiger partial charge on any atom is -0.494 e. The highest BCUT2D eigenvalue weighted by molar-refractivity contribution is 5.69. The molecule has 0 saturated carbocycles. The molecule has 4 heteroatoms. The molecule has 1 aromatic rings. The molecule has 1 aliphatic rings. The minimum atomic E-state index is -0.0972. The van der Waals surface area contributed by atoms with E-state index in [2.05, 4.69) is 12.1 Å². The molecule has 0 spiro atoms. The zero-order chi connectivity index (χ0) is 15.9. The smallest absolute Gasteiger partial charge is 0.305 e. The predicted molar refractivity (Wildman–Crippen MR) is 87.1 cm³/mol. The van der Waals surface area contributed by atoms with Crippen LogP contribution >= 0.6 is 0 Å². The van der Waals surface area contributed by atoms with Gasteiger partial charge in [-0.1, -0.05) is 12.5 Å². The summed E-state index contributed by atoms with van der Waals surface area (Å²) in [5.74, 6) is 1.23. The van der Waals surface area contributed by atoms with Crippen LogP contribution in [0.15, 0.2) is 18.2 Å². The van der Waals surface area contributed by atoms with Gasteiger partial charge in [-0.15, -0.1) is 0 Å². The molecule has 122 valence electrons. The highest BCUT2D eigenvalue weighted by atomic mass is 16.5. The topological polar surface area (TPSA) is 61.5 Å². The van der Waals surface area contributed by atoms with Gasteiger partial charge >= 0.3 is 5.97 Å². The monoisotopic (exact) mass is 305 g/mol. The number of unbranched alkanes of at least 4 members (excludes halogenated alkanes) is 1. The van der Waals surface area contributed by atoms with Crippen molar-refractivity contribution in [2.45, 2.75) is 57.9 Å². The molecule has 0 amide bonds. The summed E-state index contributed by atoms with van der Waals surface area (Å²) in [5, 5.41) is 0. The number of hydrogen-bond donors (Lipinski definition) is 1. The molecule has 0 aromatic heterocycles. The van der Waals surface area contributed by atoms with Gasteiger partial charge in [0.2, 0.25) is 0 Å². The molecule has 0 saturated heterocycles. The number of esters is 1. The highest BCUT2D eigenvalue weighted by Crippen LogP contribution is 2.37. The van der Waals surface area contributed by atoms with Crippen molar-refractivity contribution in [2.75, 3.05) is 13.2 Å². The second-order valence-corrected chi connectivity index (χ2v) is 5.82. The molecule has 2 unspecified atom stereocenters. The molecule has 0 bridgehead atoms. The van der Waals surface area contributed by atoms with E-state index < -0.39 is 0 Å². The van der Waals surface area contributed by atoms with Crippen LogP contribution < -0.4 is 10.5 Å². The van der Waals surface area contributed by atoms with E-state index in [0.717, 1.165) is 31.4 Å². The molecule has 2 rings (SSSR count). The summed E-state index contributed by atoms with van der Waals surface area (Å²) in [6, 6.07) is 6.49. The lowest BCUT2D eigenvalue weighted by molar-refractivity contribution is -0.143. The Kier molecular flexibility index (Phi) is 6.25. The van der Waals surface area contributed by atoms with E-state index in [4.69, 9.17) is 15.2 Å². The van der Waals surface area contributed by atoms with Crippen LogP contribution in [0.1, 0.15) is 56.6 Å². The minimum absolute atomic E-state index is 0.0972. The molecule has 0 radical (unpaired) electrons. The molecule has 0 aliphatic heterocycles. The van der Waals surface area contributed by atoms with Gasteiger partial charge in [0.1, 0.15) is 5.75 Å². The largest absolute Gasteiger partial charge is 0.494 e. The number of nitrogens with two attached hydrogens (primary N) is 1. The van der Waals surface area contributed by atoms with Gasteiger partial charge in [-0.05, 0) is 62.3 Å². The molecule has 4 nitrogen and oxygen atoms in total. The number of rotatable bonds is 8. The zero-order valence-electron chi connectivity index (χ0n) is 13.6. The standard InChI is InChI=1S/C18H27NO3/c1-3-21-14-9-10-15-13(11-14)12-17(19)16(15)7-5-6-8-18(20)22-4-2/h9-11,16-17H,3-8,12,19H2,1-2H3. The van der Waals surface area contributed by atoms with Gasteiger partial charge in [-0.25, -0.2) is 0 Å². The lowest BCUT2D eigenvalue weighted by Crippen LogP contribution is -2.24. The van der Waals surface area contributed by atoms with Crippen LogP contribution in [0.2, 0.25) is 0 Å². The maximum Gasteiger partial charge on any atom is 0.305 e. The van der Waals surface area contributed by atoms with Crippen LogP contribution in [-0.2, 0) is 16.0 Å². The van der Waals surface area contributed by atoms with E-state index in [-0.39, 0.29) is 12.0 Å². The highest BCUT2D eigenvalue weighted by Gasteiger charge is 2.29. The first-order valence-electron chi connectivity index (χ1n) is 8.32. The van der Waals surface area contributed by atoms with Gasteiger partial charge in [0.25, 0.3) is 0 Å². The number of benzene rings is 1.